The molecule has 0 unspecified atom stereocenters. The molecular formula is C15H16N2O. The summed E-state index contributed by atoms with van der Waals surface area (Å²) in [5, 5.41) is 0. The predicted octanol–water partition coefficient (Wildman–Crippen LogP) is 2.70. The van der Waals surface area contributed by atoms with Crippen LogP contribution in [0.15, 0.2) is 36.4 Å². The zero-order chi connectivity index (χ0) is 13.3. The van der Waals surface area contributed by atoms with Crippen LogP contribution in [0.25, 0.3) is 0 Å². The summed E-state index contributed by atoms with van der Waals surface area (Å²) in [4.78, 5) is 12.4. The number of aryl methyl sites for hydroxylation is 1. The summed E-state index contributed by atoms with van der Waals surface area (Å²) < 4.78 is 0. The number of carbonyl (C=O) groups is 1. The number of nitrogens with two attached hydrogens (primary N) is 2. The number of carbonyl (C=O) groups excluding carboxylic acids is 1. The van der Waals surface area contributed by atoms with Gasteiger partial charge in [0.05, 0.1) is 11.4 Å². The Morgan fingerprint density at radius 3 is 2.22 bits per heavy atom. The Kier molecular flexibility index (Phi) is 3.06. The summed E-state index contributed by atoms with van der Waals surface area (Å²) in [5.41, 5.74) is 15.7. The number of ketones is 1. The molecule has 18 heavy (non-hydrogen) atoms. The van der Waals surface area contributed by atoms with E-state index in [4.69, 9.17) is 11.5 Å². The van der Waals surface area contributed by atoms with Crippen molar-refractivity contribution in [3.63, 3.8) is 0 Å². The minimum Gasteiger partial charge on any atom is -0.397 e. The fraction of sp³-hybridized carbons (Fsp3) is 0.133. The van der Waals surface area contributed by atoms with Crippen LogP contribution in [0, 0.1) is 13.8 Å². The van der Waals surface area contributed by atoms with Crippen molar-refractivity contribution in [3.05, 3.63) is 58.7 Å². The number of nitrogen functional groups attached to an aromatic ring is 2. The highest BCUT2D eigenvalue weighted by Crippen LogP contribution is 2.28. The summed E-state index contributed by atoms with van der Waals surface area (Å²) in [7, 11) is 0. The van der Waals surface area contributed by atoms with E-state index in [-0.39, 0.29) is 5.78 Å². The van der Waals surface area contributed by atoms with E-state index in [2.05, 4.69) is 0 Å². The highest BCUT2D eigenvalue weighted by atomic mass is 16.1. The molecule has 0 spiro atoms. The number of anilines is 2. The molecule has 0 amide bonds. The van der Waals surface area contributed by atoms with Gasteiger partial charge >= 0.3 is 0 Å². The Morgan fingerprint density at radius 2 is 1.61 bits per heavy atom. The van der Waals surface area contributed by atoms with Crippen LogP contribution in [-0.2, 0) is 0 Å². The van der Waals surface area contributed by atoms with Crippen molar-refractivity contribution >= 4 is 17.2 Å². The lowest BCUT2D eigenvalue weighted by Gasteiger charge is -2.12. The monoisotopic (exact) mass is 240 g/mol. The summed E-state index contributed by atoms with van der Waals surface area (Å²) in [5.74, 6) is -0.0251. The van der Waals surface area contributed by atoms with Crippen LogP contribution in [0.5, 0.6) is 0 Å². The maximum Gasteiger partial charge on any atom is 0.193 e. The van der Waals surface area contributed by atoms with Gasteiger partial charge in [0.1, 0.15) is 0 Å². The lowest BCUT2D eigenvalue weighted by molar-refractivity contribution is 0.103. The Morgan fingerprint density at radius 1 is 1.00 bits per heavy atom. The molecule has 0 aliphatic rings. The third kappa shape index (κ3) is 1.95. The first-order valence-corrected chi connectivity index (χ1v) is 5.77. The van der Waals surface area contributed by atoms with Crippen LogP contribution in [0.1, 0.15) is 27.0 Å². The second-order valence-electron chi connectivity index (χ2n) is 4.39. The fourth-order valence-electron chi connectivity index (χ4n) is 1.94. The van der Waals surface area contributed by atoms with Gasteiger partial charge in [-0.1, -0.05) is 30.3 Å². The molecule has 0 atom stereocenters. The van der Waals surface area contributed by atoms with E-state index in [1.807, 2.05) is 32.0 Å². The average molecular weight is 240 g/mol. The van der Waals surface area contributed by atoms with Crippen molar-refractivity contribution in [2.45, 2.75) is 13.8 Å². The van der Waals surface area contributed by atoms with E-state index in [0.29, 0.717) is 22.5 Å². The van der Waals surface area contributed by atoms with Gasteiger partial charge in [0, 0.05) is 11.1 Å². The molecule has 0 aliphatic carbocycles. The third-order valence-corrected chi connectivity index (χ3v) is 3.16. The van der Waals surface area contributed by atoms with Crippen molar-refractivity contribution in [2.75, 3.05) is 11.5 Å². The summed E-state index contributed by atoms with van der Waals surface area (Å²) >= 11 is 0. The lowest BCUT2D eigenvalue weighted by atomic mass is 9.95. The molecule has 0 aromatic heterocycles. The van der Waals surface area contributed by atoms with E-state index in [9.17, 15) is 4.79 Å². The summed E-state index contributed by atoms with van der Waals surface area (Å²) in [6, 6.07) is 11.0. The zero-order valence-electron chi connectivity index (χ0n) is 10.5. The van der Waals surface area contributed by atoms with Gasteiger partial charge in [0.25, 0.3) is 0 Å². The van der Waals surface area contributed by atoms with Gasteiger partial charge in [0.15, 0.2) is 5.78 Å². The number of benzene rings is 2. The molecule has 0 saturated heterocycles. The smallest absolute Gasteiger partial charge is 0.193 e. The Balaban J connectivity index is 2.56. The van der Waals surface area contributed by atoms with Crippen LogP contribution in [0.3, 0.4) is 0 Å². The van der Waals surface area contributed by atoms with Gasteiger partial charge < -0.3 is 11.5 Å². The normalized spacial score (nSPS) is 10.3. The van der Waals surface area contributed by atoms with Gasteiger partial charge in [-0.2, -0.15) is 0 Å². The van der Waals surface area contributed by atoms with Gasteiger partial charge in [-0.15, -0.1) is 0 Å². The van der Waals surface area contributed by atoms with Crippen LogP contribution < -0.4 is 11.5 Å². The third-order valence-electron chi connectivity index (χ3n) is 3.16. The fourth-order valence-corrected chi connectivity index (χ4v) is 1.94. The van der Waals surface area contributed by atoms with Crippen molar-refractivity contribution in [3.8, 4) is 0 Å². The average Bonchev–Trinajstić information content (AvgIpc) is 2.41. The van der Waals surface area contributed by atoms with Crippen LogP contribution in [0.4, 0.5) is 11.4 Å². The highest BCUT2D eigenvalue weighted by molar-refractivity contribution is 6.11. The molecule has 0 heterocycles. The maximum atomic E-state index is 12.4. The number of hydrogen-bond donors (Lipinski definition) is 2. The molecule has 4 N–H and O–H groups in total. The van der Waals surface area contributed by atoms with E-state index in [1.54, 1.807) is 18.2 Å². The largest absolute Gasteiger partial charge is 0.397 e. The van der Waals surface area contributed by atoms with Gasteiger partial charge in [-0.25, -0.2) is 0 Å². The van der Waals surface area contributed by atoms with Crippen molar-refractivity contribution in [1.82, 2.24) is 0 Å². The van der Waals surface area contributed by atoms with Gasteiger partial charge in [0.2, 0.25) is 0 Å². The van der Waals surface area contributed by atoms with Gasteiger partial charge in [-0.05, 0) is 31.0 Å². The molecule has 3 heteroatoms. The molecule has 2 aromatic rings. The molecule has 3 nitrogen and oxygen atoms in total. The van der Waals surface area contributed by atoms with Crippen molar-refractivity contribution in [1.29, 1.82) is 0 Å². The minimum absolute atomic E-state index is 0.0251. The first-order valence-electron chi connectivity index (χ1n) is 5.77. The molecule has 0 saturated carbocycles. The molecule has 0 radical (unpaired) electrons. The second kappa shape index (κ2) is 4.53. The minimum atomic E-state index is -0.0251. The number of rotatable bonds is 2. The molecule has 2 rings (SSSR count). The molecule has 0 aliphatic heterocycles. The van der Waals surface area contributed by atoms with Crippen LogP contribution in [-0.4, -0.2) is 5.78 Å². The molecular weight excluding hydrogens is 224 g/mol. The number of hydrogen-bond acceptors (Lipinski definition) is 3. The molecule has 2 aromatic carbocycles. The van der Waals surface area contributed by atoms with E-state index >= 15 is 0 Å². The van der Waals surface area contributed by atoms with Crippen molar-refractivity contribution < 1.29 is 4.79 Å². The summed E-state index contributed by atoms with van der Waals surface area (Å²) in [6.45, 7) is 3.67. The topological polar surface area (TPSA) is 69.1 Å². The van der Waals surface area contributed by atoms with Crippen LogP contribution >= 0.6 is 0 Å². The molecule has 0 fully saturated rings. The predicted molar refractivity (Wildman–Crippen MR) is 74.6 cm³/mol. The second-order valence-corrected chi connectivity index (χ2v) is 4.39. The Hall–Kier alpha value is -2.29. The Bertz CT molecular complexity index is 604. The molecule has 0 bridgehead atoms. The van der Waals surface area contributed by atoms with Gasteiger partial charge in [-0.3, -0.25) is 4.79 Å². The first-order chi connectivity index (χ1) is 8.52. The van der Waals surface area contributed by atoms with E-state index in [1.165, 1.54) is 0 Å². The maximum absolute atomic E-state index is 12.4. The molecule has 92 valence electrons. The standard InChI is InChI=1S/C15H16N2O/c1-9-8-12(10(2)14(17)13(9)16)15(18)11-6-4-3-5-7-11/h3-8H,16-17H2,1-2H3. The zero-order valence-corrected chi connectivity index (χ0v) is 10.5. The van der Waals surface area contributed by atoms with Crippen molar-refractivity contribution in [2.24, 2.45) is 0 Å². The SMILES string of the molecule is Cc1cc(C(=O)c2ccccc2)c(C)c(N)c1N. The summed E-state index contributed by atoms with van der Waals surface area (Å²) in [6.07, 6.45) is 0. The quantitative estimate of drug-likeness (QED) is 0.626. The lowest BCUT2D eigenvalue weighted by Crippen LogP contribution is -2.09. The van der Waals surface area contributed by atoms with E-state index < -0.39 is 0 Å². The highest BCUT2D eigenvalue weighted by Gasteiger charge is 2.15. The van der Waals surface area contributed by atoms with Crippen LogP contribution in [0.2, 0.25) is 0 Å². The Labute approximate surface area is 106 Å². The van der Waals surface area contributed by atoms with E-state index in [0.717, 1.165) is 11.1 Å². The first kappa shape index (κ1) is 12.2.